The summed E-state index contributed by atoms with van der Waals surface area (Å²) in [7, 11) is 3.83. The van der Waals surface area contributed by atoms with Crippen molar-refractivity contribution in [2.24, 2.45) is 0 Å². The maximum absolute atomic E-state index is 12.9. The molecule has 0 spiro atoms. The van der Waals surface area contributed by atoms with Crippen molar-refractivity contribution in [2.75, 3.05) is 36.6 Å². The minimum atomic E-state index is -0.620. The number of fused-ring (bicyclic) bond motifs is 1. The fourth-order valence-electron chi connectivity index (χ4n) is 4.12. The molecule has 0 aliphatic carbocycles. The molecular weight excluding hydrogens is 560 g/mol. The zero-order valence-electron chi connectivity index (χ0n) is 23.5. The van der Waals surface area contributed by atoms with Gasteiger partial charge in [-0.15, -0.1) is 11.3 Å². The lowest BCUT2D eigenvalue weighted by molar-refractivity contribution is -0.111. The van der Waals surface area contributed by atoms with Crippen molar-refractivity contribution >= 4 is 56.4 Å². The first kappa shape index (κ1) is 29.1. The van der Waals surface area contributed by atoms with Crippen LogP contribution in [0.4, 0.5) is 23.0 Å². The zero-order chi connectivity index (χ0) is 30.2. The molecule has 43 heavy (non-hydrogen) atoms. The van der Waals surface area contributed by atoms with Gasteiger partial charge in [-0.25, -0.2) is 15.0 Å². The normalized spacial score (nSPS) is 11.8. The third-order valence-electron chi connectivity index (χ3n) is 6.19. The van der Waals surface area contributed by atoms with Crippen molar-refractivity contribution in [1.29, 1.82) is 5.26 Å². The lowest BCUT2D eigenvalue weighted by Crippen LogP contribution is -2.14. The van der Waals surface area contributed by atoms with Crippen LogP contribution in [0.5, 0.6) is 0 Å². The molecule has 10 nitrogen and oxygen atoms in total. The van der Waals surface area contributed by atoms with Crippen LogP contribution in [0.2, 0.25) is 0 Å². The first-order valence-corrected chi connectivity index (χ1v) is 14.2. The summed E-state index contributed by atoms with van der Waals surface area (Å²) in [4.78, 5) is 40.4. The van der Waals surface area contributed by atoms with E-state index in [9.17, 15) is 14.9 Å². The molecule has 0 aliphatic heterocycles. The van der Waals surface area contributed by atoms with E-state index >= 15 is 0 Å². The number of likely N-dealkylation sites (N-methyl/N-ethyl adjacent to an activating group) is 1. The number of benzene rings is 3. The molecule has 214 valence electrons. The van der Waals surface area contributed by atoms with Crippen LogP contribution in [0, 0.1) is 11.3 Å². The van der Waals surface area contributed by atoms with Crippen molar-refractivity contribution in [3.05, 3.63) is 113 Å². The van der Waals surface area contributed by atoms with Crippen molar-refractivity contribution in [3.8, 4) is 6.07 Å². The number of rotatable bonds is 10. The van der Waals surface area contributed by atoms with Crippen molar-refractivity contribution in [2.45, 2.75) is 5.92 Å². The highest BCUT2D eigenvalue weighted by molar-refractivity contribution is 7.18. The first-order chi connectivity index (χ1) is 20.9. The Morgan fingerprint density at radius 3 is 2.51 bits per heavy atom. The van der Waals surface area contributed by atoms with E-state index in [4.69, 9.17) is 0 Å². The maximum atomic E-state index is 12.9. The van der Waals surface area contributed by atoms with Gasteiger partial charge in [0, 0.05) is 41.4 Å². The highest BCUT2D eigenvalue weighted by Crippen LogP contribution is 2.31. The first-order valence-electron chi connectivity index (χ1n) is 13.4. The molecular formula is C32H28N8O2S. The lowest BCUT2D eigenvalue weighted by Gasteiger charge is -2.10. The van der Waals surface area contributed by atoms with E-state index < -0.39 is 5.92 Å². The second kappa shape index (κ2) is 13.5. The largest absolute Gasteiger partial charge is 0.324 e. The van der Waals surface area contributed by atoms with Gasteiger partial charge in [-0.3, -0.25) is 9.59 Å². The Kier molecular flexibility index (Phi) is 9.11. The van der Waals surface area contributed by atoms with Gasteiger partial charge in [-0.2, -0.15) is 5.26 Å². The quantitative estimate of drug-likeness (QED) is 0.174. The van der Waals surface area contributed by atoms with Gasteiger partial charge in [0.1, 0.15) is 10.9 Å². The second-order valence-electron chi connectivity index (χ2n) is 9.78. The average molecular weight is 589 g/mol. The number of amides is 2. The summed E-state index contributed by atoms with van der Waals surface area (Å²) in [6, 6.07) is 25.6. The Labute approximate surface area is 252 Å². The van der Waals surface area contributed by atoms with E-state index in [0.717, 1.165) is 10.2 Å². The number of nitrogens with one attached hydrogen (secondary N) is 3. The molecule has 2 heterocycles. The monoisotopic (exact) mass is 588 g/mol. The number of hydrogen-bond acceptors (Lipinski definition) is 9. The van der Waals surface area contributed by atoms with Crippen molar-refractivity contribution < 1.29 is 9.59 Å². The second-order valence-corrected chi connectivity index (χ2v) is 10.8. The molecule has 3 N–H and O–H groups in total. The van der Waals surface area contributed by atoms with Gasteiger partial charge in [0.2, 0.25) is 11.9 Å². The van der Waals surface area contributed by atoms with Gasteiger partial charge in [0.15, 0.2) is 0 Å². The summed E-state index contributed by atoms with van der Waals surface area (Å²) < 4.78 is 1.01. The molecule has 0 saturated carbocycles. The third-order valence-corrected chi connectivity index (χ3v) is 7.29. The molecule has 1 atom stereocenters. The fraction of sp³-hybridized carbons (Fsp3) is 0.125. The Morgan fingerprint density at radius 2 is 1.74 bits per heavy atom. The molecule has 2 aromatic heterocycles. The van der Waals surface area contributed by atoms with E-state index in [0.29, 0.717) is 45.8 Å². The van der Waals surface area contributed by atoms with Crippen molar-refractivity contribution in [1.82, 2.24) is 19.9 Å². The smallest absolute Gasteiger partial charge is 0.255 e. The van der Waals surface area contributed by atoms with Crippen LogP contribution >= 0.6 is 11.3 Å². The SMILES string of the molecule is CN(C)C/C=C/C(=O)Nc1cccc(C(=O)Nc2ccc(Nc3nccc(C(C#N)c4nc5ccccc5s4)n3)cc2)c1. The lowest BCUT2D eigenvalue weighted by atomic mass is 10.1. The Hall–Kier alpha value is -5.44. The molecule has 5 rings (SSSR count). The molecule has 0 aliphatic rings. The summed E-state index contributed by atoms with van der Waals surface area (Å²) in [5.41, 5.74) is 3.62. The van der Waals surface area contributed by atoms with Gasteiger partial charge < -0.3 is 20.9 Å². The number of carbonyl (C=O) groups is 2. The Bertz CT molecular complexity index is 1790. The zero-order valence-corrected chi connectivity index (χ0v) is 24.3. The standard InChI is InChI=1S/C32H28N8O2S/c1-40(2)18-6-11-29(41)35-24-8-5-7-21(19-24)30(42)36-22-12-14-23(15-13-22)37-32-34-17-16-26(39-32)25(20-33)31-38-27-9-3-4-10-28(27)43-31/h3-17,19,25H,18H2,1-2H3,(H,35,41)(H,36,42)(H,34,37,39)/b11-6+. The molecule has 1 unspecified atom stereocenters. The Balaban J connectivity index is 1.21. The molecule has 2 amide bonds. The van der Waals surface area contributed by atoms with Crippen LogP contribution in [0.15, 0.2) is 97.2 Å². The van der Waals surface area contributed by atoms with Gasteiger partial charge in [0.05, 0.1) is 22.0 Å². The number of nitrogens with zero attached hydrogens (tertiary/aromatic N) is 5. The molecule has 3 aromatic carbocycles. The van der Waals surface area contributed by atoms with Gasteiger partial charge in [-0.1, -0.05) is 24.3 Å². The number of nitriles is 1. The highest BCUT2D eigenvalue weighted by Gasteiger charge is 2.20. The molecule has 0 saturated heterocycles. The summed E-state index contributed by atoms with van der Waals surface area (Å²) in [6.07, 6.45) is 4.84. The number of carbonyl (C=O) groups excluding carboxylic acids is 2. The summed E-state index contributed by atoms with van der Waals surface area (Å²) in [5.74, 6) is -0.860. The minimum Gasteiger partial charge on any atom is -0.324 e. The van der Waals surface area contributed by atoms with Crippen LogP contribution in [0.1, 0.15) is 27.0 Å². The molecule has 5 aromatic rings. The maximum Gasteiger partial charge on any atom is 0.255 e. The number of hydrogen-bond donors (Lipinski definition) is 3. The van der Waals surface area contributed by atoms with Crippen LogP contribution in [-0.4, -0.2) is 52.3 Å². The van der Waals surface area contributed by atoms with E-state index in [2.05, 4.69) is 37.0 Å². The fourth-order valence-corrected chi connectivity index (χ4v) is 5.14. The van der Waals surface area contributed by atoms with Crippen LogP contribution in [-0.2, 0) is 4.79 Å². The van der Waals surface area contributed by atoms with Gasteiger partial charge >= 0.3 is 0 Å². The molecule has 0 radical (unpaired) electrons. The van der Waals surface area contributed by atoms with Crippen LogP contribution < -0.4 is 16.0 Å². The predicted octanol–water partition coefficient (Wildman–Crippen LogP) is 5.79. The molecule has 0 bridgehead atoms. The van der Waals surface area contributed by atoms with Crippen LogP contribution in [0.25, 0.3) is 10.2 Å². The topological polar surface area (TPSA) is 136 Å². The predicted molar refractivity (Wildman–Crippen MR) is 170 cm³/mol. The highest BCUT2D eigenvalue weighted by atomic mass is 32.1. The molecule has 0 fully saturated rings. The van der Waals surface area contributed by atoms with E-state index in [1.807, 2.05) is 43.3 Å². The number of anilines is 4. The third kappa shape index (κ3) is 7.65. The van der Waals surface area contributed by atoms with Gasteiger partial charge in [-0.05, 0) is 74.8 Å². The summed E-state index contributed by atoms with van der Waals surface area (Å²) >= 11 is 1.47. The number of thiazole rings is 1. The molecule has 11 heteroatoms. The Morgan fingerprint density at radius 1 is 0.953 bits per heavy atom. The van der Waals surface area contributed by atoms with E-state index in [1.165, 1.54) is 17.4 Å². The van der Waals surface area contributed by atoms with E-state index in [1.54, 1.807) is 66.9 Å². The minimum absolute atomic E-state index is 0.267. The number of aromatic nitrogens is 3. The number of para-hydroxylation sites is 1. The van der Waals surface area contributed by atoms with E-state index in [-0.39, 0.29) is 11.8 Å². The van der Waals surface area contributed by atoms with Crippen molar-refractivity contribution in [3.63, 3.8) is 0 Å². The summed E-state index contributed by atoms with van der Waals surface area (Å²) in [5, 5.41) is 19.4. The summed E-state index contributed by atoms with van der Waals surface area (Å²) in [6.45, 7) is 0.649. The van der Waals surface area contributed by atoms with Gasteiger partial charge in [0.25, 0.3) is 5.91 Å². The van der Waals surface area contributed by atoms with Crippen LogP contribution in [0.3, 0.4) is 0 Å². The average Bonchev–Trinajstić information content (AvgIpc) is 3.42.